The van der Waals surface area contributed by atoms with E-state index in [1.54, 1.807) is 25.2 Å². The number of amides is 1. The molecule has 0 saturated heterocycles. The number of nitrogens with one attached hydrogen (secondary N) is 2. The van der Waals surface area contributed by atoms with Crippen molar-refractivity contribution < 1.29 is 18.0 Å². The predicted molar refractivity (Wildman–Crippen MR) is 65.8 cm³/mol. The van der Waals surface area contributed by atoms with Crippen molar-refractivity contribution in [2.24, 2.45) is 0 Å². The third-order valence-electron chi connectivity index (χ3n) is 1.95. The summed E-state index contributed by atoms with van der Waals surface area (Å²) in [4.78, 5) is 11.1. The highest BCUT2D eigenvalue weighted by Crippen LogP contribution is 2.20. The summed E-state index contributed by atoms with van der Waals surface area (Å²) in [5, 5.41) is 5.12. The lowest BCUT2D eigenvalue weighted by molar-refractivity contribution is -0.150. The van der Waals surface area contributed by atoms with Crippen LogP contribution in [0.15, 0.2) is 24.3 Å². The van der Waals surface area contributed by atoms with E-state index in [1.165, 1.54) is 0 Å². The molecule has 0 aliphatic heterocycles. The summed E-state index contributed by atoms with van der Waals surface area (Å²) in [5.74, 6) is -1.06. The molecule has 0 aliphatic rings. The second kappa shape index (κ2) is 7.23. The van der Waals surface area contributed by atoms with Crippen LogP contribution in [0.1, 0.15) is 12.0 Å². The van der Waals surface area contributed by atoms with Crippen LogP contribution in [-0.4, -0.2) is 19.1 Å². The van der Waals surface area contributed by atoms with Crippen LogP contribution in [-0.2, 0) is 11.3 Å². The van der Waals surface area contributed by atoms with E-state index in [1.807, 2.05) is 6.07 Å². The molecular formula is C11H14ClF3N2O. The number of hydrogen-bond donors (Lipinski definition) is 2. The van der Waals surface area contributed by atoms with Crippen molar-refractivity contribution in [2.45, 2.75) is 19.1 Å². The first-order chi connectivity index (χ1) is 7.90. The van der Waals surface area contributed by atoms with E-state index in [0.717, 1.165) is 5.56 Å². The molecule has 0 spiro atoms. The van der Waals surface area contributed by atoms with Crippen LogP contribution in [0.2, 0.25) is 0 Å². The zero-order valence-electron chi connectivity index (χ0n) is 9.67. The third-order valence-corrected chi connectivity index (χ3v) is 1.95. The van der Waals surface area contributed by atoms with Crippen molar-refractivity contribution in [1.82, 2.24) is 5.32 Å². The van der Waals surface area contributed by atoms with Crippen LogP contribution in [0.5, 0.6) is 0 Å². The Morgan fingerprint density at radius 2 is 2.00 bits per heavy atom. The summed E-state index contributed by atoms with van der Waals surface area (Å²) < 4.78 is 35.8. The van der Waals surface area contributed by atoms with Gasteiger partial charge >= 0.3 is 6.18 Å². The third kappa shape index (κ3) is 6.46. The summed E-state index contributed by atoms with van der Waals surface area (Å²) in [6.07, 6.45) is -5.95. The number of halogens is 4. The van der Waals surface area contributed by atoms with Gasteiger partial charge in [-0.25, -0.2) is 0 Å². The van der Waals surface area contributed by atoms with Gasteiger partial charge in [0.05, 0.1) is 0 Å². The molecule has 1 aromatic rings. The molecule has 0 radical (unpaired) electrons. The molecule has 1 amide bonds. The Kier molecular flexibility index (Phi) is 6.72. The fourth-order valence-corrected chi connectivity index (χ4v) is 1.35. The normalized spacial score (nSPS) is 10.7. The van der Waals surface area contributed by atoms with Crippen LogP contribution >= 0.6 is 12.4 Å². The van der Waals surface area contributed by atoms with Crippen LogP contribution < -0.4 is 10.6 Å². The van der Waals surface area contributed by atoms with Gasteiger partial charge in [0.15, 0.2) is 0 Å². The van der Waals surface area contributed by atoms with E-state index >= 15 is 0 Å². The molecule has 18 heavy (non-hydrogen) atoms. The van der Waals surface area contributed by atoms with E-state index in [0.29, 0.717) is 12.2 Å². The first-order valence-corrected chi connectivity index (χ1v) is 5.01. The molecule has 1 rings (SSSR count). The quantitative estimate of drug-likeness (QED) is 0.891. The fourth-order valence-electron chi connectivity index (χ4n) is 1.35. The Balaban J connectivity index is 0.00000289. The highest BCUT2D eigenvalue weighted by atomic mass is 35.5. The molecule has 7 heteroatoms. The van der Waals surface area contributed by atoms with Gasteiger partial charge in [0.2, 0.25) is 5.91 Å². The number of carbonyl (C=O) groups excluding carboxylic acids is 1. The van der Waals surface area contributed by atoms with Crippen LogP contribution in [0.25, 0.3) is 0 Å². The van der Waals surface area contributed by atoms with Crippen LogP contribution in [0, 0.1) is 0 Å². The smallest absolute Gasteiger partial charge is 0.326 e. The maximum atomic E-state index is 11.9. The summed E-state index contributed by atoms with van der Waals surface area (Å²) >= 11 is 0. The van der Waals surface area contributed by atoms with Crippen molar-refractivity contribution in [3.63, 3.8) is 0 Å². The van der Waals surface area contributed by atoms with Crippen LogP contribution in [0.3, 0.4) is 0 Å². The topological polar surface area (TPSA) is 41.1 Å². The van der Waals surface area contributed by atoms with Crippen molar-refractivity contribution in [2.75, 3.05) is 12.4 Å². The molecule has 0 atom stereocenters. The monoisotopic (exact) mass is 282 g/mol. The number of benzene rings is 1. The number of carbonyl (C=O) groups is 1. The van der Waals surface area contributed by atoms with Crippen molar-refractivity contribution in [3.05, 3.63) is 29.8 Å². The second-order valence-corrected chi connectivity index (χ2v) is 3.57. The van der Waals surface area contributed by atoms with Gasteiger partial charge < -0.3 is 10.6 Å². The van der Waals surface area contributed by atoms with Crippen molar-refractivity contribution >= 4 is 24.0 Å². The lowest BCUT2D eigenvalue weighted by Crippen LogP contribution is -2.21. The largest absolute Gasteiger partial charge is 0.397 e. The van der Waals surface area contributed by atoms with Crippen molar-refractivity contribution in [1.29, 1.82) is 0 Å². The molecule has 0 fully saturated rings. The molecule has 0 aliphatic carbocycles. The minimum absolute atomic E-state index is 0. The van der Waals surface area contributed by atoms with Crippen LogP contribution in [0.4, 0.5) is 18.9 Å². The number of hydrogen-bond acceptors (Lipinski definition) is 2. The van der Waals surface area contributed by atoms with Gasteiger partial charge in [0, 0.05) is 12.2 Å². The average molecular weight is 283 g/mol. The Bertz CT molecular complexity index is 396. The second-order valence-electron chi connectivity index (χ2n) is 3.57. The number of alkyl halides is 3. The molecule has 1 aromatic carbocycles. The Morgan fingerprint density at radius 3 is 2.56 bits per heavy atom. The molecule has 0 saturated carbocycles. The SMILES string of the molecule is CNCc1cccc(NC(=O)CC(F)(F)F)c1.Cl. The Hall–Kier alpha value is -1.27. The molecule has 102 valence electrons. The molecule has 2 N–H and O–H groups in total. The van der Waals surface area contributed by atoms with Gasteiger partial charge in [-0.2, -0.15) is 13.2 Å². The first kappa shape index (κ1) is 16.7. The van der Waals surface area contributed by atoms with Crippen molar-refractivity contribution in [3.8, 4) is 0 Å². The van der Waals surface area contributed by atoms with Gasteiger partial charge in [-0.05, 0) is 24.7 Å². The fraction of sp³-hybridized carbons (Fsp3) is 0.364. The molecule has 0 aromatic heterocycles. The van der Waals surface area contributed by atoms with E-state index in [4.69, 9.17) is 0 Å². The predicted octanol–water partition coefficient (Wildman–Crippen LogP) is 2.72. The van der Waals surface area contributed by atoms with E-state index in [9.17, 15) is 18.0 Å². The van der Waals surface area contributed by atoms with Gasteiger partial charge in [-0.15, -0.1) is 12.4 Å². The Morgan fingerprint density at radius 1 is 1.33 bits per heavy atom. The minimum Gasteiger partial charge on any atom is -0.326 e. The van der Waals surface area contributed by atoms with Gasteiger partial charge in [0.1, 0.15) is 6.42 Å². The molecule has 3 nitrogen and oxygen atoms in total. The standard InChI is InChI=1S/C11H13F3N2O.ClH/c1-15-7-8-3-2-4-9(5-8)16-10(17)6-11(12,13)14;/h2-5,15H,6-7H2,1H3,(H,16,17);1H. The highest BCUT2D eigenvalue weighted by molar-refractivity contribution is 5.91. The molecule has 0 heterocycles. The maximum absolute atomic E-state index is 11.9. The lowest BCUT2D eigenvalue weighted by atomic mass is 10.2. The zero-order chi connectivity index (χ0) is 12.9. The maximum Gasteiger partial charge on any atom is 0.397 e. The van der Waals surface area contributed by atoms with E-state index in [2.05, 4.69) is 10.6 Å². The first-order valence-electron chi connectivity index (χ1n) is 5.01. The number of rotatable bonds is 4. The molecular weight excluding hydrogens is 269 g/mol. The summed E-state index contributed by atoms with van der Waals surface area (Å²) in [6.45, 7) is 0.586. The zero-order valence-corrected chi connectivity index (χ0v) is 10.5. The van der Waals surface area contributed by atoms with Gasteiger partial charge in [-0.3, -0.25) is 4.79 Å². The molecule has 0 unspecified atom stereocenters. The summed E-state index contributed by atoms with van der Waals surface area (Å²) in [6, 6.07) is 6.67. The van der Waals surface area contributed by atoms with E-state index in [-0.39, 0.29) is 12.4 Å². The van der Waals surface area contributed by atoms with Gasteiger partial charge in [-0.1, -0.05) is 12.1 Å². The van der Waals surface area contributed by atoms with Gasteiger partial charge in [0.25, 0.3) is 0 Å². The highest BCUT2D eigenvalue weighted by Gasteiger charge is 2.31. The minimum atomic E-state index is -4.48. The Labute approximate surface area is 109 Å². The summed E-state index contributed by atoms with van der Waals surface area (Å²) in [7, 11) is 1.76. The van der Waals surface area contributed by atoms with E-state index < -0.39 is 18.5 Å². The average Bonchev–Trinajstić information content (AvgIpc) is 2.15. The molecule has 0 bridgehead atoms. The number of anilines is 1. The summed E-state index contributed by atoms with van der Waals surface area (Å²) in [5.41, 5.74) is 1.25. The lowest BCUT2D eigenvalue weighted by Gasteiger charge is -2.09.